The first kappa shape index (κ1) is 15.3. The van der Waals surface area contributed by atoms with Gasteiger partial charge in [-0.15, -0.1) is 0 Å². The Kier molecular flexibility index (Phi) is 5.02. The molecule has 1 rings (SSSR count). The molecule has 0 spiro atoms. The van der Waals surface area contributed by atoms with E-state index in [4.69, 9.17) is 4.74 Å². The molecule has 1 fully saturated rings. The standard InChI is InChI=1S/C14H27NO3/c1-10(2)12-8-15(7-6-11(12)9-16)13(17)18-14(3,4)5/h10-12,16H,6-9H2,1-5H3/t11-,12-/m1/s1. The fraction of sp³-hybridized carbons (Fsp3) is 0.929. The predicted molar refractivity (Wildman–Crippen MR) is 71.3 cm³/mol. The van der Waals surface area contributed by atoms with Crippen LogP contribution in [0.1, 0.15) is 41.0 Å². The molecule has 0 aromatic rings. The largest absolute Gasteiger partial charge is 0.444 e. The number of hydrogen-bond donors (Lipinski definition) is 1. The van der Waals surface area contributed by atoms with Crippen molar-refractivity contribution in [2.75, 3.05) is 19.7 Å². The number of nitrogens with zero attached hydrogens (tertiary/aromatic N) is 1. The summed E-state index contributed by atoms with van der Waals surface area (Å²) >= 11 is 0. The van der Waals surface area contributed by atoms with Crippen LogP contribution >= 0.6 is 0 Å². The van der Waals surface area contributed by atoms with Crippen LogP contribution in [0.25, 0.3) is 0 Å². The van der Waals surface area contributed by atoms with Crippen molar-refractivity contribution in [2.45, 2.75) is 46.6 Å². The summed E-state index contributed by atoms with van der Waals surface area (Å²) in [4.78, 5) is 13.8. The van der Waals surface area contributed by atoms with Gasteiger partial charge in [0.2, 0.25) is 0 Å². The van der Waals surface area contributed by atoms with E-state index in [0.29, 0.717) is 30.8 Å². The Morgan fingerprint density at radius 1 is 1.44 bits per heavy atom. The van der Waals surface area contributed by atoms with E-state index < -0.39 is 5.60 Å². The Hall–Kier alpha value is -0.770. The summed E-state index contributed by atoms with van der Waals surface area (Å²) in [5.41, 5.74) is -0.446. The maximum absolute atomic E-state index is 12.0. The zero-order chi connectivity index (χ0) is 13.9. The summed E-state index contributed by atoms with van der Waals surface area (Å²) < 4.78 is 5.40. The molecule has 4 heteroatoms. The monoisotopic (exact) mass is 257 g/mol. The Morgan fingerprint density at radius 3 is 2.50 bits per heavy atom. The Bertz CT molecular complexity index is 283. The molecule has 1 saturated heterocycles. The third-order valence-electron chi connectivity index (χ3n) is 3.55. The normalized spacial score (nSPS) is 25.4. The fourth-order valence-electron chi connectivity index (χ4n) is 2.50. The molecule has 0 bridgehead atoms. The summed E-state index contributed by atoms with van der Waals surface area (Å²) in [5.74, 6) is 1.13. The fourth-order valence-corrected chi connectivity index (χ4v) is 2.50. The van der Waals surface area contributed by atoms with Crippen LogP contribution in [0.4, 0.5) is 4.79 Å². The Balaban J connectivity index is 2.63. The summed E-state index contributed by atoms with van der Waals surface area (Å²) in [5, 5.41) is 9.39. The van der Waals surface area contributed by atoms with E-state index in [2.05, 4.69) is 13.8 Å². The summed E-state index contributed by atoms with van der Waals surface area (Å²) in [6.45, 7) is 11.5. The minimum atomic E-state index is -0.446. The predicted octanol–water partition coefficient (Wildman–Crippen LogP) is 2.51. The number of ether oxygens (including phenoxy) is 1. The highest BCUT2D eigenvalue weighted by Gasteiger charge is 2.34. The Labute approximate surface area is 110 Å². The number of amides is 1. The number of piperidine rings is 1. The van der Waals surface area contributed by atoms with Gasteiger partial charge in [-0.1, -0.05) is 13.8 Å². The van der Waals surface area contributed by atoms with E-state index in [1.165, 1.54) is 0 Å². The van der Waals surface area contributed by atoms with Gasteiger partial charge in [-0.2, -0.15) is 0 Å². The number of likely N-dealkylation sites (tertiary alicyclic amines) is 1. The van der Waals surface area contributed by atoms with Gasteiger partial charge >= 0.3 is 6.09 Å². The molecular formula is C14H27NO3. The van der Waals surface area contributed by atoms with E-state index in [0.717, 1.165) is 6.42 Å². The second-order valence-electron chi connectivity index (χ2n) is 6.57. The third-order valence-corrected chi connectivity index (χ3v) is 3.55. The first-order chi connectivity index (χ1) is 8.24. The van der Waals surface area contributed by atoms with Crippen molar-refractivity contribution < 1.29 is 14.6 Å². The number of carbonyl (C=O) groups is 1. The summed E-state index contributed by atoms with van der Waals surface area (Å²) in [6.07, 6.45) is 0.628. The number of carbonyl (C=O) groups excluding carboxylic acids is 1. The van der Waals surface area contributed by atoms with Crippen LogP contribution < -0.4 is 0 Å². The lowest BCUT2D eigenvalue weighted by molar-refractivity contribution is -0.00127. The minimum absolute atomic E-state index is 0.213. The van der Waals surface area contributed by atoms with Gasteiger partial charge in [0.25, 0.3) is 0 Å². The van der Waals surface area contributed by atoms with Gasteiger partial charge in [0.15, 0.2) is 0 Å². The number of aliphatic hydroxyl groups is 1. The number of rotatable bonds is 2. The average Bonchev–Trinajstić information content (AvgIpc) is 2.25. The summed E-state index contributed by atoms with van der Waals surface area (Å²) in [7, 11) is 0. The van der Waals surface area contributed by atoms with Crippen molar-refractivity contribution in [1.82, 2.24) is 4.90 Å². The first-order valence-corrected chi connectivity index (χ1v) is 6.83. The molecule has 4 nitrogen and oxygen atoms in total. The molecule has 0 aromatic carbocycles. The molecule has 106 valence electrons. The topological polar surface area (TPSA) is 49.8 Å². The van der Waals surface area contributed by atoms with Crippen molar-refractivity contribution in [2.24, 2.45) is 17.8 Å². The highest BCUT2D eigenvalue weighted by atomic mass is 16.6. The van der Waals surface area contributed by atoms with Gasteiger partial charge in [-0.05, 0) is 44.9 Å². The number of hydrogen-bond acceptors (Lipinski definition) is 3. The molecule has 1 aliphatic rings. The zero-order valence-corrected chi connectivity index (χ0v) is 12.3. The first-order valence-electron chi connectivity index (χ1n) is 6.83. The van der Waals surface area contributed by atoms with E-state index in [1.54, 1.807) is 4.90 Å². The molecule has 2 atom stereocenters. The smallest absolute Gasteiger partial charge is 0.410 e. The molecule has 0 aliphatic carbocycles. The van der Waals surface area contributed by atoms with Gasteiger partial charge < -0.3 is 14.7 Å². The van der Waals surface area contributed by atoms with Crippen molar-refractivity contribution >= 4 is 6.09 Å². The van der Waals surface area contributed by atoms with Gasteiger partial charge in [0, 0.05) is 19.7 Å². The van der Waals surface area contributed by atoms with Crippen LogP contribution in [0, 0.1) is 17.8 Å². The Morgan fingerprint density at radius 2 is 2.06 bits per heavy atom. The quantitative estimate of drug-likeness (QED) is 0.827. The number of aliphatic hydroxyl groups excluding tert-OH is 1. The van der Waals surface area contributed by atoms with Crippen LogP contribution in [0.5, 0.6) is 0 Å². The molecule has 18 heavy (non-hydrogen) atoms. The molecule has 0 aromatic heterocycles. The molecule has 0 saturated carbocycles. The van der Waals surface area contributed by atoms with Crippen LogP contribution in [-0.2, 0) is 4.74 Å². The van der Waals surface area contributed by atoms with E-state index in [1.807, 2.05) is 20.8 Å². The van der Waals surface area contributed by atoms with Crippen LogP contribution in [0.3, 0.4) is 0 Å². The van der Waals surface area contributed by atoms with Crippen LogP contribution in [0.2, 0.25) is 0 Å². The highest BCUT2D eigenvalue weighted by molar-refractivity contribution is 5.68. The maximum Gasteiger partial charge on any atom is 0.410 e. The average molecular weight is 257 g/mol. The summed E-state index contributed by atoms with van der Waals surface area (Å²) in [6, 6.07) is 0. The van der Waals surface area contributed by atoms with Crippen LogP contribution in [-0.4, -0.2) is 41.4 Å². The lowest BCUT2D eigenvalue weighted by atomic mass is 9.79. The maximum atomic E-state index is 12.0. The van der Waals surface area contributed by atoms with Crippen molar-refractivity contribution in [3.05, 3.63) is 0 Å². The zero-order valence-electron chi connectivity index (χ0n) is 12.3. The molecule has 1 amide bonds. The van der Waals surface area contributed by atoms with E-state index in [-0.39, 0.29) is 12.7 Å². The van der Waals surface area contributed by atoms with Gasteiger partial charge in [0.1, 0.15) is 5.60 Å². The lowest BCUT2D eigenvalue weighted by Gasteiger charge is -2.40. The van der Waals surface area contributed by atoms with Crippen molar-refractivity contribution in [3.63, 3.8) is 0 Å². The van der Waals surface area contributed by atoms with E-state index >= 15 is 0 Å². The SMILES string of the molecule is CC(C)[C@H]1CN(C(=O)OC(C)(C)C)CC[C@@H]1CO. The molecule has 1 heterocycles. The molecule has 1 N–H and O–H groups in total. The van der Waals surface area contributed by atoms with Crippen molar-refractivity contribution in [1.29, 1.82) is 0 Å². The molecule has 0 unspecified atom stereocenters. The third kappa shape index (κ3) is 4.16. The second-order valence-corrected chi connectivity index (χ2v) is 6.57. The van der Waals surface area contributed by atoms with Crippen LogP contribution in [0.15, 0.2) is 0 Å². The van der Waals surface area contributed by atoms with Gasteiger partial charge in [-0.25, -0.2) is 4.79 Å². The second kappa shape index (κ2) is 5.91. The van der Waals surface area contributed by atoms with Crippen molar-refractivity contribution in [3.8, 4) is 0 Å². The highest BCUT2D eigenvalue weighted by Crippen LogP contribution is 2.30. The minimum Gasteiger partial charge on any atom is -0.444 e. The molecule has 0 radical (unpaired) electrons. The van der Waals surface area contributed by atoms with Gasteiger partial charge in [-0.3, -0.25) is 0 Å². The van der Waals surface area contributed by atoms with E-state index in [9.17, 15) is 9.90 Å². The molecule has 1 aliphatic heterocycles. The lowest BCUT2D eigenvalue weighted by Crippen LogP contribution is -2.48. The van der Waals surface area contributed by atoms with Gasteiger partial charge in [0.05, 0.1) is 0 Å². The molecular weight excluding hydrogens is 230 g/mol.